The van der Waals surface area contributed by atoms with Gasteiger partial charge >= 0.3 is 148 Å². The van der Waals surface area contributed by atoms with E-state index in [1.807, 2.05) is 0 Å². The van der Waals surface area contributed by atoms with Crippen molar-refractivity contribution < 1.29 is 14.6 Å². The van der Waals surface area contributed by atoms with Crippen molar-refractivity contribution in [1.29, 1.82) is 0 Å². The van der Waals surface area contributed by atoms with Crippen LogP contribution in [0.4, 0.5) is 0 Å². The van der Waals surface area contributed by atoms with Crippen LogP contribution in [0.3, 0.4) is 0 Å². The second kappa shape index (κ2) is 12.3. The van der Waals surface area contributed by atoms with Gasteiger partial charge in [0.05, 0.1) is 0 Å². The van der Waals surface area contributed by atoms with Gasteiger partial charge in [-0.3, -0.25) is 0 Å². The van der Waals surface area contributed by atoms with Crippen molar-refractivity contribution in [2.75, 3.05) is 0 Å². The van der Waals surface area contributed by atoms with Gasteiger partial charge < -0.3 is 0 Å². The van der Waals surface area contributed by atoms with Crippen molar-refractivity contribution in [2.45, 2.75) is 98.7 Å². The van der Waals surface area contributed by atoms with Gasteiger partial charge in [0.2, 0.25) is 0 Å². The maximum atomic E-state index is 11.2. The fourth-order valence-corrected chi connectivity index (χ4v) is 19.5. The summed E-state index contributed by atoms with van der Waals surface area (Å²) in [5, 5.41) is 10.7. The van der Waals surface area contributed by atoms with E-state index in [0.29, 0.717) is 0 Å². The molecule has 0 amide bonds. The molecule has 0 bridgehead atoms. The second-order valence-corrected chi connectivity index (χ2v) is 20.3. The fourth-order valence-electron chi connectivity index (χ4n) is 3.33. The van der Waals surface area contributed by atoms with Gasteiger partial charge in [-0.25, -0.2) is 0 Å². The van der Waals surface area contributed by atoms with Gasteiger partial charge in [0.15, 0.2) is 0 Å². The number of carbonyl (C=O) groups excluding carboxylic acids is 1. The molecule has 0 heterocycles. The van der Waals surface area contributed by atoms with Gasteiger partial charge in [0, 0.05) is 0 Å². The average Bonchev–Trinajstić information content (AvgIpc) is 2.52. The summed E-state index contributed by atoms with van der Waals surface area (Å²) in [6.07, 6.45) is 6.10. The molecule has 0 aliphatic heterocycles. The van der Waals surface area contributed by atoms with Gasteiger partial charge in [-0.05, 0) is 0 Å². The molecule has 0 rings (SSSR count). The Morgan fingerprint density at radius 1 is 1.04 bits per heavy atom. The quantitative estimate of drug-likeness (QED) is 0.319. The van der Waals surface area contributed by atoms with Crippen LogP contribution < -0.4 is 0 Å². The number of hydrogen-bond acceptors (Lipinski definition) is 3. The molecular weight excluding hydrogens is 395 g/mol. The third-order valence-electron chi connectivity index (χ3n) is 4.86. The first-order chi connectivity index (χ1) is 10.8. The van der Waals surface area contributed by atoms with Crippen LogP contribution in [0.25, 0.3) is 0 Å². The van der Waals surface area contributed by atoms with Crippen molar-refractivity contribution in [3.05, 3.63) is 10.2 Å². The Morgan fingerprint density at radius 3 is 1.74 bits per heavy atom. The molecule has 136 valence electrons. The Bertz CT molecular complexity index is 333. The van der Waals surface area contributed by atoms with Crippen LogP contribution in [-0.2, 0) is 9.53 Å². The van der Waals surface area contributed by atoms with E-state index in [-0.39, 0.29) is 5.97 Å². The van der Waals surface area contributed by atoms with Crippen molar-refractivity contribution >= 4 is 24.3 Å². The van der Waals surface area contributed by atoms with Crippen molar-refractivity contribution in [3.8, 4) is 0 Å². The molecule has 0 aromatic carbocycles. The zero-order valence-corrected chi connectivity index (χ0v) is 18.8. The van der Waals surface area contributed by atoms with E-state index in [1.165, 1.54) is 58.8 Å². The number of esters is 1. The van der Waals surface area contributed by atoms with Crippen molar-refractivity contribution in [1.82, 2.24) is 0 Å². The molecule has 23 heavy (non-hydrogen) atoms. The van der Waals surface area contributed by atoms with Gasteiger partial charge in [-0.15, -0.1) is 0 Å². The molecule has 0 saturated heterocycles. The summed E-state index contributed by atoms with van der Waals surface area (Å²) in [5.74, 6) is -0.333. The van der Waals surface area contributed by atoms with Crippen molar-refractivity contribution in [2.24, 2.45) is 0 Å². The molecule has 0 aromatic heterocycles. The number of aliphatic hydroxyl groups is 1. The summed E-state index contributed by atoms with van der Waals surface area (Å²) in [6.45, 7) is 14.2. The SMILES string of the molecule is C=[C]([C@H](O)[C@H](C)OC(C)=O)[Sn]([CH2]CCC)([CH2]CCC)[CH2]CCC. The van der Waals surface area contributed by atoms with Crippen LogP contribution in [0.15, 0.2) is 10.2 Å². The minimum atomic E-state index is -2.67. The molecule has 0 aromatic rings. The van der Waals surface area contributed by atoms with E-state index in [9.17, 15) is 9.90 Å². The van der Waals surface area contributed by atoms with Crippen LogP contribution in [-0.4, -0.2) is 41.7 Å². The molecule has 2 atom stereocenters. The number of aliphatic hydroxyl groups excluding tert-OH is 1. The van der Waals surface area contributed by atoms with Crippen LogP contribution in [0.1, 0.15) is 73.1 Å². The molecule has 4 heteroatoms. The molecule has 0 fully saturated rings. The number of carbonyl (C=O) groups is 1. The van der Waals surface area contributed by atoms with Crippen molar-refractivity contribution in [3.63, 3.8) is 0 Å². The molecule has 0 aliphatic carbocycles. The van der Waals surface area contributed by atoms with E-state index in [1.54, 1.807) is 6.92 Å². The van der Waals surface area contributed by atoms with Crippen LogP contribution in [0.2, 0.25) is 13.3 Å². The molecule has 0 spiro atoms. The molecular formula is C19H38O3Sn. The molecule has 0 unspecified atom stereocenters. The summed E-state index contributed by atoms with van der Waals surface area (Å²) < 4.78 is 10.1. The molecule has 1 N–H and O–H groups in total. The van der Waals surface area contributed by atoms with E-state index < -0.39 is 30.6 Å². The molecule has 0 saturated carbocycles. The molecule has 3 nitrogen and oxygen atoms in total. The number of rotatable bonds is 13. The fraction of sp³-hybridized carbons (Fsp3) is 0.842. The summed E-state index contributed by atoms with van der Waals surface area (Å²) in [5.41, 5.74) is 0. The number of unbranched alkanes of at least 4 members (excludes halogenated alkanes) is 3. The minimum absolute atomic E-state index is 0.333. The Kier molecular flexibility index (Phi) is 12.3. The maximum absolute atomic E-state index is 11.2. The summed E-state index contributed by atoms with van der Waals surface area (Å²) in [6, 6.07) is 0. The van der Waals surface area contributed by atoms with E-state index in [2.05, 4.69) is 27.4 Å². The Balaban J connectivity index is 5.30. The van der Waals surface area contributed by atoms with Gasteiger partial charge in [-0.2, -0.15) is 0 Å². The van der Waals surface area contributed by atoms with E-state index in [0.717, 1.165) is 3.59 Å². The third-order valence-corrected chi connectivity index (χ3v) is 20.8. The van der Waals surface area contributed by atoms with E-state index >= 15 is 0 Å². The molecule has 0 radical (unpaired) electrons. The number of hydrogen-bond donors (Lipinski definition) is 1. The number of ether oxygens (including phenoxy) is 1. The Hall–Kier alpha value is -0.0313. The first-order valence-electron chi connectivity index (χ1n) is 9.39. The zero-order valence-electron chi connectivity index (χ0n) is 16.0. The standard InChI is InChI=1S/C7H11O3.3C4H9.Sn/c1-4-7(9)5(2)10-6(3)8;3*1-3-4-2;/h5,7,9H,1H2,2-3H3;3*1,3-4H2,2H3;/t5-,7-;;;;/m0..../s1. The second-order valence-electron chi connectivity index (χ2n) is 6.88. The van der Waals surface area contributed by atoms with Crippen LogP contribution in [0.5, 0.6) is 0 Å². The van der Waals surface area contributed by atoms with Gasteiger partial charge in [-0.1, -0.05) is 0 Å². The normalized spacial score (nSPS) is 14.3. The van der Waals surface area contributed by atoms with Crippen LogP contribution >= 0.6 is 0 Å². The Morgan fingerprint density at radius 2 is 1.43 bits per heavy atom. The average molecular weight is 433 g/mol. The molecule has 0 aliphatic rings. The zero-order chi connectivity index (χ0) is 17.9. The van der Waals surface area contributed by atoms with Gasteiger partial charge in [0.25, 0.3) is 0 Å². The predicted molar refractivity (Wildman–Crippen MR) is 101 cm³/mol. The first-order valence-corrected chi connectivity index (χ1v) is 16.9. The summed E-state index contributed by atoms with van der Waals surface area (Å²) in [4.78, 5) is 11.2. The predicted octanol–water partition coefficient (Wildman–Crippen LogP) is 5.24. The Labute approximate surface area is 147 Å². The topological polar surface area (TPSA) is 46.5 Å². The summed E-state index contributed by atoms with van der Waals surface area (Å²) in [7, 11) is 0. The third kappa shape index (κ3) is 8.06. The summed E-state index contributed by atoms with van der Waals surface area (Å²) >= 11 is -2.67. The van der Waals surface area contributed by atoms with E-state index in [4.69, 9.17) is 4.74 Å². The monoisotopic (exact) mass is 434 g/mol. The van der Waals surface area contributed by atoms with Crippen LogP contribution in [0, 0.1) is 0 Å². The van der Waals surface area contributed by atoms with Gasteiger partial charge in [0.1, 0.15) is 0 Å². The first kappa shape index (κ1) is 23.0.